The molecule has 2 fully saturated rings. The first-order valence-electron chi connectivity index (χ1n) is 41.9. The van der Waals surface area contributed by atoms with Crippen molar-refractivity contribution >= 4 is 23.9 Å². The van der Waals surface area contributed by atoms with Gasteiger partial charge in [-0.25, -0.2) is 0 Å². The molecule has 0 unspecified atom stereocenters. The molecule has 0 saturated carbocycles. The number of hydrogen-bond acceptors (Lipinski definition) is 14. The van der Waals surface area contributed by atoms with Crippen LogP contribution in [0.15, 0.2) is 12.2 Å². The van der Waals surface area contributed by atoms with E-state index >= 15 is 0 Å². The summed E-state index contributed by atoms with van der Waals surface area (Å²) in [4.78, 5) is 51.3. The Balaban J connectivity index is 0.00000133. The van der Waals surface area contributed by atoms with Gasteiger partial charge in [-0.15, -0.1) is 0 Å². The first-order valence-corrected chi connectivity index (χ1v) is 41.9. The second kappa shape index (κ2) is 67.5. The van der Waals surface area contributed by atoms with E-state index in [1.165, 1.54) is 244 Å². The van der Waals surface area contributed by atoms with E-state index in [9.17, 15) is 39.6 Å². The van der Waals surface area contributed by atoms with Gasteiger partial charge in [0.2, 0.25) is 0 Å². The molecule has 2 aliphatic rings. The van der Waals surface area contributed by atoms with Crippen LogP contribution in [0.2, 0.25) is 0 Å². The van der Waals surface area contributed by atoms with Gasteiger partial charge in [-0.2, -0.15) is 0 Å². The molecule has 0 spiro atoms. The van der Waals surface area contributed by atoms with E-state index in [-0.39, 0.29) is 38.0 Å². The SMILES string of the molecule is CC(C)CCCCCCCCCCCCCCC(=O)O[C@H]1[C@@H]([C@@H](CO)OC(=O)CCCCCCCCCCCCCCC(C)C)OC[C@@H]1OC(=O)CCCCCCCCCCCCCCC(C)C.CCCCCCCC/C=C\CCCCCCCC(=O)O[C@H](CO)[C@H]1OC[C@H](O)[C@H]1O. The minimum absolute atomic E-state index is 0.0197. The number of carbonyl (C=O) groups excluding carboxylic acids is 4. The Bertz CT molecular complexity index is 1820. The van der Waals surface area contributed by atoms with Crippen LogP contribution in [0, 0.1) is 17.8 Å². The van der Waals surface area contributed by atoms with Crippen LogP contribution in [0.25, 0.3) is 0 Å². The molecule has 578 valence electrons. The fourth-order valence-corrected chi connectivity index (χ4v) is 13.5. The van der Waals surface area contributed by atoms with E-state index in [4.69, 9.17) is 28.4 Å². The molecule has 2 saturated heterocycles. The molecule has 0 aliphatic carbocycles. The summed E-state index contributed by atoms with van der Waals surface area (Å²) in [5.41, 5.74) is 0. The zero-order valence-corrected chi connectivity index (χ0v) is 64.8. The summed E-state index contributed by atoms with van der Waals surface area (Å²) in [7, 11) is 0. The van der Waals surface area contributed by atoms with Crippen LogP contribution < -0.4 is 0 Å². The van der Waals surface area contributed by atoms with Gasteiger partial charge in [0, 0.05) is 25.7 Å². The van der Waals surface area contributed by atoms with Crippen LogP contribution in [0.4, 0.5) is 0 Å². The van der Waals surface area contributed by atoms with Crippen molar-refractivity contribution in [1.82, 2.24) is 0 Å². The fourth-order valence-electron chi connectivity index (χ4n) is 13.5. The maximum Gasteiger partial charge on any atom is 0.306 e. The Morgan fingerprint density at radius 2 is 0.633 bits per heavy atom. The van der Waals surface area contributed by atoms with Crippen molar-refractivity contribution in [1.29, 1.82) is 0 Å². The molecule has 0 amide bonds. The maximum absolute atomic E-state index is 13.3. The fraction of sp³-hybridized carbons (Fsp3) is 0.929. The van der Waals surface area contributed by atoms with Crippen molar-refractivity contribution in [2.75, 3.05) is 26.4 Å². The highest BCUT2D eigenvalue weighted by atomic mass is 16.6. The molecule has 0 aromatic carbocycles. The topological polar surface area (TPSA) is 205 Å². The minimum Gasteiger partial charge on any atom is -0.457 e. The van der Waals surface area contributed by atoms with Crippen molar-refractivity contribution < 1.29 is 68.0 Å². The van der Waals surface area contributed by atoms with Gasteiger partial charge in [-0.05, 0) is 69.1 Å². The van der Waals surface area contributed by atoms with Crippen molar-refractivity contribution in [3.8, 4) is 0 Å². The number of aliphatic hydroxyl groups excluding tert-OH is 4. The Labute approximate surface area is 602 Å². The number of rotatable bonds is 68. The molecule has 2 rings (SSSR count). The average Bonchev–Trinajstić information content (AvgIpc) is 1.68. The molecule has 14 nitrogen and oxygen atoms in total. The standard InChI is InChI=1S/C60H114O8.C24H44O6/c1-51(2)43-37-31-25-19-13-7-10-16-22-28-34-40-46-56(62)66-54(49-61)59-60(68-58(64)48-42-36-30-24-18-12-9-15-21-27-33-39-45-53(5)6)55(50-65-59)67-57(63)47-41-35-29-23-17-11-8-14-20-26-32-38-44-52(3)4;1-2-3-4-5-6-7-8-9-10-11-12-13-14-15-16-17-22(27)30-21(18-25)24-23(28)20(26)19-29-24/h51-55,59-61H,7-50H2,1-6H3;9-10,20-21,23-26,28H,2-8,11-19H2,1H3/b;10-9-/t54-,55+,59-,60-;20-,21+,23+,24+/m10/s1. The third-order valence-electron chi connectivity index (χ3n) is 19.9. The lowest BCUT2D eigenvalue weighted by Gasteiger charge is -2.28. The average molecular weight is 1390 g/mol. The number of carbonyl (C=O) groups is 4. The van der Waals surface area contributed by atoms with Gasteiger partial charge in [0.1, 0.15) is 24.4 Å². The Morgan fingerprint density at radius 3 is 0.939 bits per heavy atom. The van der Waals surface area contributed by atoms with E-state index in [1.54, 1.807) is 0 Å². The molecule has 0 bridgehead atoms. The molecule has 0 aromatic rings. The van der Waals surface area contributed by atoms with Gasteiger partial charge in [0.05, 0.1) is 26.4 Å². The number of aliphatic hydroxyl groups is 4. The van der Waals surface area contributed by atoms with Crippen LogP contribution >= 0.6 is 0 Å². The molecule has 0 aromatic heterocycles. The molecular weight excluding hydrogens is 1230 g/mol. The monoisotopic (exact) mass is 1390 g/mol. The predicted molar refractivity (Wildman–Crippen MR) is 403 cm³/mol. The van der Waals surface area contributed by atoms with E-state index < -0.39 is 74.0 Å². The van der Waals surface area contributed by atoms with Crippen molar-refractivity contribution in [3.05, 3.63) is 12.2 Å². The molecule has 2 aliphatic heterocycles. The largest absolute Gasteiger partial charge is 0.457 e. The summed E-state index contributed by atoms with van der Waals surface area (Å²) < 4.78 is 34.2. The van der Waals surface area contributed by atoms with Crippen LogP contribution in [0.1, 0.15) is 408 Å². The van der Waals surface area contributed by atoms with E-state index in [2.05, 4.69) is 60.6 Å². The Kier molecular flexibility index (Phi) is 64.4. The quantitative estimate of drug-likeness (QED) is 0.0194. The first kappa shape index (κ1) is 93.4. The van der Waals surface area contributed by atoms with Crippen LogP contribution in [-0.2, 0) is 47.6 Å². The Morgan fingerprint density at radius 1 is 0.357 bits per heavy atom. The van der Waals surface area contributed by atoms with Gasteiger partial charge >= 0.3 is 23.9 Å². The smallest absolute Gasteiger partial charge is 0.306 e. The Hall–Kier alpha value is -2.62. The lowest BCUT2D eigenvalue weighted by molar-refractivity contribution is -0.175. The zero-order chi connectivity index (χ0) is 71.7. The summed E-state index contributed by atoms with van der Waals surface area (Å²) in [5.74, 6) is 0.957. The lowest BCUT2D eigenvalue weighted by Crippen LogP contribution is -2.46. The molecular formula is C84H158O14. The maximum atomic E-state index is 13.3. The summed E-state index contributed by atoms with van der Waals surface area (Å²) in [5, 5.41) is 39.1. The highest BCUT2D eigenvalue weighted by Crippen LogP contribution is 2.28. The number of esters is 4. The van der Waals surface area contributed by atoms with Gasteiger partial charge in [0.15, 0.2) is 24.4 Å². The number of unbranched alkanes of at least 4 members (excludes halogenated alkanes) is 44. The van der Waals surface area contributed by atoms with Gasteiger partial charge < -0.3 is 48.8 Å². The van der Waals surface area contributed by atoms with Gasteiger partial charge in [-0.1, -0.05) is 343 Å². The highest BCUT2D eigenvalue weighted by molar-refractivity contribution is 5.71. The molecule has 14 heteroatoms. The van der Waals surface area contributed by atoms with Crippen LogP contribution in [0.3, 0.4) is 0 Å². The predicted octanol–water partition coefficient (Wildman–Crippen LogP) is 21.5. The van der Waals surface area contributed by atoms with E-state index in [1.807, 2.05) is 0 Å². The molecule has 0 radical (unpaired) electrons. The summed E-state index contributed by atoms with van der Waals surface area (Å²) in [6.07, 6.45) is 61.7. The van der Waals surface area contributed by atoms with Gasteiger partial charge in [0.25, 0.3) is 0 Å². The number of hydrogen-bond donors (Lipinski definition) is 4. The minimum atomic E-state index is -1.14. The summed E-state index contributed by atoms with van der Waals surface area (Å²) in [6.45, 7) is 15.2. The third-order valence-corrected chi connectivity index (χ3v) is 19.9. The summed E-state index contributed by atoms with van der Waals surface area (Å²) in [6, 6.07) is 0. The normalized spacial score (nSPS) is 18.4. The van der Waals surface area contributed by atoms with Crippen LogP contribution in [-0.4, -0.2) is 120 Å². The van der Waals surface area contributed by atoms with Crippen molar-refractivity contribution in [2.45, 2.75) is 457 Å². The van der Waals surface area contributed by atoms with Crippen molar-refractivity contribution in [2.24, 2.45) is 17.8 Å². The van der Waals surface area contributed by atoms with Crippen molar-refractivity contribution in [3.63, 3.8) is 0 Å². The number of allylic oxidation sites excluding steroid dienone is 2. The third kappa shape index (κ3) is 55.9. The number of ether oxygens (including phenoxy) is 6. The van der Waals surface area contributed by atoms with E-state index in [0.717, 1.165) is 108 Å². The lowest BCUT2D eigenvalue weighted by atomic mass is 10.0. The molecule has 2 heterocycles. The molecule has 98 heavy (non-hydrogen) atoms. The summed E-state index contributed by atoms with van der Waals surface area (Å²) >= 11 is 0. The second-order valence-corrected chi connectivity index (χ2v) is 30.9. The second-order valence-electron chi connectivity index (χ2n) is 30.9. The molecule has 4 N–H and O–H groups in total. The van der Waals surface area contributed by atoms with E-state index in [0.29, 0.717) is 12.8 Å². The highest BCUT2D eigenvalue weighted by Gasteiger charge is 2.48. The zero-order valence-electron chi connectivity index (χ0n) is 64.8. The van der Waals surface area contributed by atoms with Gasteiger partial charge in [-0.3, -0.25) is 19.2 Å². The first-order chi connectivity index (χ1) is 47.6. The molecule has 8 atom stereocenters. The van der Waals surface area contributed by atoms with Crippen LogP contribution in [0.5, 0.6) is 0 Å².